The molecule has 0 aromatic carbocycles. The topological polar surface area (TPSA) is 74.6 Å². The van der Waals surface area contributed by atoms with Crippen LogP contribution in [0.3, 0.4) is 0 Å². The predicted octanol–water partition coefficient (Wildman–Crippen LogP) is 5.38. The molecule has 0 saturated heterocycles. The maximum absolute atomic E-state index is 11.6. The molecule has 144 valence electrons. The minimum absolute atomic E-state index is 0. The van der Waals surface area contributed by atoms with Gasteiger partial charge in [0.2, 0.25) is 0 Å². The summed E-state index contributed by atoms with van der Waals surface area (Å²) < 4.78 is 0. The van der Waals surface area contributed by atoms with Crippen LogP contribution in [0.4, 0.5) is 0 Å². The molecule has 0 rings (SSSR count). The van der Waals surface area contributed by atoms with Gasteiger partial charge in [0, 0.05) is 0 Å². The Hall–Kier alpha value is -0.463. The zero-order valence-electron chi connectivity index (χ0n) is 15.8. The quantitative estimate of drug-likeness (QED) is 0.210. The number of unbranched alkanes of at least 4 members (excludes halogenated alkanes) is 11. The van der Waals surface area contributed by atoms with Crippen LogP contribution in [0, 0.1) is 5.41 Å². The molecule has 0 aliphatic carbocycles. The summed E-state index contributed by atoms with van der Waals surface area (Å²) in [4.78, 5) is 23.1. The van der Waals surface area contributed by atoms with Gasteiger partial charge in [0.25, 0.3) is 0 Å². The van der Waals surface area contributed by atoms with Gasteiger partial charge in [-0.1, -0.05) is 97.3 Å². The van der Waals surface area contributed by atoms with Crippen molar-refractivity contribution >= 4 is 30.8 Å². The second-order valence-corrected chi connectivity index (χ2v) is 7.08. The summed E-state index contributed by atoms with van der Waals surface area (Å²) in [5.41, 5.74) is -1.57. The van der Waals surface area contributed by atoms with E-state index in [0.717, 1.165) is 25.7 Å². The Bertz CT molecular complexity index is 331. The first kappa shape index (κ1) is 26.8. The summed E-state index contributed by atoms with van der Waals surface area (Å²) in [7, 11) is 0. The number of rotatable bonds is 17. The van der Waals surface area contributed by atoms with Crippen molar-refractivity contribution in [2.45, 2.75) is 110 Å². The normalized spacial score (nSPS) is 11.1. The summed E-state index contributed by atoms with van der Waals surface area (Å²) in [5, 5.41) is 18.9. The third-order valence-electron chi connectivity index (χ3n) is 4.98. The molecule has 0 radical (unpaired) electrons. The number of carbonyl (C=O) groups is 2. The van der Waals surface area contributed by atoms with Crippen LogP contribution in [0.2, 0.25) is 0 Å². The Balaban J connectivity index is 0. The van der Waals surface area contributed by atoms with Crippen LogP contribution in [-0.2, 0) is 9.59 Å². The molecule has 0 fully saturated rings. The van der Waals surface area contributed by atoms with E-state index in [0.29, 0.717) is 12.8 Å². The molecule has 0 unspecified atom stereocenters. The Morgan fingerprint density at radius 1 is 0.600 bits per heavy atom. The monoisotopic (exact) mass is 350 g/mol. The van der Waals surface area contributed by atoms with Gasteiger partial charge in [-0.05, 0) is 12.8 Å². The van der Waals surface area contributed by atoms with E-state index in [1.165, 1.54) is 44.9 Å². The molecule has 4 nitrogen and oxygen atoms in total. The van der Waals surface area contributed by atoms with Crippen LogP contribution >= 0.6 is 0 Å². The van der Waals surface area contributed by atoms with E-state index >= 15 is 0 Å². The van der Waals surface area contributed by atoms with Crippen molar-refractivity contribution in [3.63, 3.8) is 0 Å². The van der Waals surface area contributed by atoms with Gasteiger partial charge in [-0.3, -0.25) is 9.59 Å². The van der Waals surface area contributed by atoms with Crippen molar-refractivity contribution in [3.05, 3.63) is 0 Å². The van der Waals surface area contributed by atoms with Crippen molar-refractivity contribution in [1.29, 1.82) is 0 Å². The summed E-state index contributed by atoms with van der Waals surface area (Å²) in [6.45, 7) is 4.25. The van der Waals surface area contributed by atoms with Crippen molar-refractivity contribution < 1.29 is 19.8 Å². The van der Waals surface area contributed by atoms with Gasteiger partial charge >= 0.3 is 30.8 Å². The van der Waals surface area contributed by atoms with Crippen molar-refractivity contribution in [2.75, 3.05) is 0 Å². The van der Waals surface area contributed by atoms with E-state index in [2.05, 4.69) is 6.92 Å². The number of hydrogen-bond acceptors (Lipinski definition) is 2. The van der Waals surface area contributed by atoms with Gasteiger partial charge in [-0.15, -0.1) is 0 Å². The van der Waals surface area contributed by atoms with E-state index in [9.17, 15) is 19.8 Å². The molecule has 0 bridgehead atoms. The second-order valence-electron chi connectivity index (χ2n) is 7.08. The van der Waals surface area contributed by atoms with Crippen molar-refractivity contribution in [3.8, 4) is 0 Å². The Morgan fingerprint density at radius 2 is 0.880 bits per heavy atom. The molecule has 0 aliphatic heterocycles. The number of carboxylic acid groups (broad SMARTS) is 2. The second kappa shape index (κ2) is 17.0. The van der Waals surface area contributed by atoms with Crippen LogP contribution in [0.15, 0.2) is 0 Å². The van der Waals surface area contributed by atoms with Crippen molar-refractivity contribution in [1.82, 2.24) is 0 Å². The minimum atomic E-state index is -1.57. The molecular formula is C20H39LiO4. The van der Waals surface area contributed by atoms with Gasteiger partial charge in [0.1, 0.15) is 0 Å². The third kappa shape index (κ3) is 11.7. The molecular weight excluding hydrogens is 311 g/mol. The zero-order valence-corrected chi connectivity index (χ0v) is 15.8. The third-order valence-corrected chi connectivity index (χ3v) is 4.98. The van der Waals surface area contributed by atoms with E-state index in [1.54, 1.807) is 0 Å². The predicted molar refractivity (Wildman–Crippen MR) is 105 cm³/mol. The van der Waals surface area contributed by atoms with Crippen molar-refractivity contribution in [2.24, 2.45) is 5.41 Å². The molecule has 0 heterocycles. The average molecular weight is 350 g/mol. The molecule has 0 spiro atoms. The fraction of sp³-hybridized carbons (Fsp3) is 0.900. The standard InChI is InChI=1S/C20H38O4.Li.H/c1-3-5-7-8-9-10-11-12-13-15-17-20(18(21)22,19(23)24)16-14-6-4-2;;/h3-17H2,1-2H3,(H,21,22)(H,23,24);;. The molecule has 0 aliphatic rings. The molecule has 2 N–H and O–H groups in total. The van der Waals surface area contributed by atoms with Crippen LogP contribution < -0.4 is 0 Å². The summed E-state index contributed by atoms with van der Waals surface area (Å²) in [5.74, 6) is -2.33. The average Bonchev–Trinajstić information content (AvgIpc) is 2.54. The summed E-state index contributed by atoms with van der Waals surface area (Å²) in [6.07, 6.45) is 14.7. The number of carboxylic acids is 2. The van der Waals surface area contributed by atoms with Crippen LogP contribution in [-0.4, -0.2) is 41.0 Å². The first-order valence-corrected chi connectivity index (χ1v) is 9.98. The number of hydrogen-bond donors (Lipinski definition) is 2. The van der Waals surface area contributed by atoms with E-state index in [4.69, 9.17) is 0 Å². The SMILES string of the molecule is CCCCCCCCCCCCC(CCCCC)(C(=O)O)C(=O)O.[LiH]. The van der Waals surface area contributed by atoms with Gasteiger partial charge in [0.15, 0.2) is 5.41 Å². The van der Waals surface area contributed by atoms with Crippen LogP contribution in [0.1, 0.15) is 110 Å². The molecule has 25 heavy (non-hydrogen) atoms. The fourth-order valence-electron chi connectivity index (χ4n) is 3.24. The van der Waals surface area contributed by atoms with Gasteiger partial charge < -0.3 is 10.2 Å². The van der Waals surface area contributed by atoms with E-state index in [1.807, 2.05) is 6.92 Å². The maximum atomic E-state index is 11.6. The van der Waals surface area contributed by atoms with Gasteiger partial charge in [-0.25, -0.2) is 0 Å². The van der Waals surface area contributed by atoms with E-state index < -0.39 is 17.4 Å². The Labute approximate surface area is 166 Å². The first-order valence-electron chi connectivity index (χ1n) is 9.98. The van der Waals surface area contributed by atoms with Gasteiger partial charge in [0.05, 0.1) is 0 Å². The number of aliphatic carboxylic acids is 2. The summed E-state index contributed by atoms with van der Waals surface area (Å²) >= 11 is 0. The summed E-state index contributed by atoms with van der Waals surface area (Å²) in [6, 6.07) is 0. The molecule has 0 amide bonds. The van der Waals surface area contributed by atoms with E-state index in [-0.39, 0.29) is 31.7 Å². The molecule has 5 heteroatoms. The molecule has 0 aromatic rings. The molecule has 0 aromatic heterocycles. The fourth-order valence-corrected chi connectivity index (χ4v) is 3.24. The first-order chi connectivity index (χ1) is 11.5. The van der Waals surface area contributed by atoms with Crippen LogP contribution in [0.5, 0.6) is 0 Å². The van der Waals surface area contributed by atoms with Crippen LogP contribution in [0.25, 0.3) is 0 Å². The molecule has 0 saturated carbocycles. The Kier molecular flexibility index (Phi) is 18.2. The van der Waals surface area contributed by atoms with Gasteiger partial charge in [-0.2, -0.15) is 0 Å². The zero-order chi connectivity index (χ0) is 18.3. The molecule has 0 atom stereocenters. The Morgan fingerprint density at radius 3 is 1.24 bits per heavy atom.